The van der Waals surface area contributed by atoms with Crippen molar-refractivity contribution < 1.29 is 0 Å². The zero-order valence-electron chi connectivity index (χ0n) is 8.01. The standard InChI is InChI=1S/C12H15N/c1-4-6-11-8-7-10(5-2)9(3)12(11)13/h4-5,7-8H,1-2,6,13H2,3H3. The summed E-state index contributed by atoms with van der Waals surface area (Å²) < 4.78 is 0. The van der Waals surface area contributed by atoms with Crippen molar-refractivity contribution in [2.45, 2.75) is 13.3 Å². The van der Waals surface area contributed by atoms with E-state index in [9.17, 15) is 0 Å². The molecule has 0 aliphatic carbocycles. The van der Waals surface area contributed by atoms with Crippen LogP contribution in [0.3, 0.4) is 0 Å². The van der Waals surface area contributed by atoms with Gasteiger partial charge >= 0.3 is 0 Å². The third-order valence-corrected chi connectivity index (χ3v) is 2.23. The molecule has 0 heterocycles. The van der Waals surface area contributed by atoms with Gasteiger partial charge in [0.1, 0.15) is 0 Å². The van der Waals surface area contributed by atoms with Gasteiger partial charge in [0.25, 0.3) is 0 Å². The van der Waals surface area contributed by atoms with Crippen LogP contribution < -0.4 is 5.73 Å². The molecule has 0 aromatic heterocycles. The van der Waals surface area contributed by atoms with E-state index in [-0.39, 0.29) is 0 Å². The molecule has 1 aromatic carbocycles. The van der Waals surface area contributed by atoms with Crippen molar-refractivity contribution >= 4 is 11.8 Å². The van der Waals surface area contributed by atoms with Gasteiger partial charge < -0.3 is 5.73 Å². The Morgan fingerprint density at radius 3 is 2.62 bits per heavy atom. The van der Waals surface area contributed by atoms with E-state index < -0.39 is 0 Å². The minimum Gasteiger partial charge on any atom is -0.398 e. The third kappa shape index (κ3) is 1.81. The summed E-state index contributed by atoms with van der Waals surface area (Å²) in [4.78, 5) is 0. The van der Waals surface area contributed by atoms with Gasteiger partial charge in [-0.25, -0.2) is 0 Å². The lowest BCUT2D eigenvalue weighted by Crippen LogP contribution is -1.98. The Bertz CT molecular complexity index is 337. The molecule has 0 saturated carbocycles. The number of hydrogen-bond donors (Lipinski definition) is 1. The molecule has 68 valence electrons. The van der Waals surface area contributed by atoms with Crippen LogP contribution in [0.2, 0.25) is 0 Å². The molecule has 2 N–H and O–H groups in total. The normalized spacial score (nSPS) is 9.62. The van der Waals surface area contributed by atoms with Crippen molar-refractivity contribution in [3.8, 4) is 0 Å². The van der Waals surface area contributed by atoms with Gasteiger partial charge in [0, 0.05) is 5.69 Å². The molecule has 0 aliphatic rings. The van der Waals surface area contributed by atoms with Crippen molar-refractivity contribution in [2.75, 3.05) is 5.73 Å². The summed E-state index contributed by atoms with van der Waals surface area (Å²) >= 11 is 0. The molecule has 0 unspecified atom stereocenters. The molecule has 1 rings (SSSR count). The van der Waals surface area contributed by atoms with E-state index in [2.05, 4.69) is 13.2 Å². The molecule has 0 atom stereocenters. The third-order valence-electron chi connectivity index (χ3n) is 2.23. The molecule has 1 aromatic rings. The number of anilines is 1. The second-order valence-electron chi connectivity index (χ2n) is 3.05. The van der Waals surface area contributed by atoms with E-state index in [0.29, 0.717) is 0 Å². The van der Waals surface area contributed by atoms with E-state index >= 15 is 0 Å². The first-order valence-electron chi connectivity index (χ1n) is 4.32. The molecular formula is C12H15N. The van der Waals surface area contributed by atoms with Gasteiger partial charge in [0.2, 0.25) is 0 Å². The lowest BCUT2D eigenvalue weighted by Gasteiger charge is -2.09. The van der Waals surface area contributed by atoms with Crippen molar-refractivity contribution in [3.05, 3.63) is 48.1 Å². The van der Waals surface area contributed by atoms with Crippen LogP contribution in [0.1, 0.15) is 16.7 Å². The summed E-state index contributed by atoms with van der Waals surface area (Å²) in [5.41, 5.74) is 10.2. The first kappa shape index (κ1) is 9.59. The Morgan fingerprint density at radius 2 is 2.08 bits per heavy atom. The lowest BCUT2D eigenvalue weighted by atomic mass is 10.0. The second-order valence-corrected chi connectivity index (χ2v) is 3.05. The Kier molecular flexibility index (Phi) is 2.91. The van der Waals surface area contributed by atoms with Crippen LogP contribution in [-0.2, 0) is 6.42 Å². The topological polar surface area (TPSA) is 26.0 Å². The van der Waals surface area contributed by atoms with E-state index in [0.717, 1.165) is 28.8 Å². The average Bonchev–Trinajstić information content (AvgIpc) is 2.14. The van der Waals surface area contributed by atoms with Gasteiger partial charge in [-0.1, -0.05) is 30.9 Å². The van der Waals surface area contributed by atoms with E-state index in [4.69, 9.17) is 5.73 Å². The summed E-state index contributed by atoms with van der Waals surface area (Å²) in [6.45, 7) is 9.44. The number of benzene rings is 1. The Hall–Kier alpha value is -1.50. The minimum atomic E-state index is 0.824. The number of allylic oxidation sites excluding steroid dienone is 1. The smallest absolute Gasteiger partial charge is 0.0385 e. The maximum absolute atomic E-state index is 5.95. The minimum absolute atomic E-state index is 0.824. The van der Waals surface area contributed by atoms with Crippen molar-refractivity contribution in [2.24, 2.45) is 0 Å². The van der Waals surface area contributed by atoms with Crippen molar-refractivity contribution in [1.82, 2.24) is 0 Å². The maximum Gasteiger partial charge on any atom is 0.0385 e. The van der Waals surface area contributed by atoms with Crippen LogP contribution in [0.25, 0.3) is 6.08 Å². The highest BCUT2D eigenvalue weighted by Gasteiger charge is 2.03. The molecule has 0 radical (unpaired) electrons. The van der Waals surface area contributed by atoms with Gasteiger partial charge in [0.15, 0.2) is 0 Å². The van der Waals surface area contributed by atoms with Crippen LogP contribution in [0.4, 0.5) is 5.69 Å². The number of hydrogen-bond acceptors (Lipinski definition) is 1. The maximum atomic E-state index is 5.95. The largest absolute Gasteiger partial charge is 0.398 e. The van der Waals surface area contributed by atoms with E-state index in [1.165, 1.54) is 0 Å². The summed E-state index contributed by atoms with van der Waals surface area (Å²) in [5, 5.41) is 0. The second kappa shape index (κ2) is 3.94. The highest BCUT2D eigenvalue weighted by atomic mass is 14.6. The van der Waals surface area contributed by atoms with Gasteiger partial charge in [-0.05, 0) is 30.0 Å². The quantitative estimate of drug-likeness (QED) is 0.552. The van der Waals surface area contributed by atoms with Crippen molar-refractivity contribution in [1.29, 1.82) is 0 Å². The van der Waals surface area contributed by atoms with E-state index in [1.54, 1.807) is 0 Å². The molecule has 0 spiro atoms. The summed E-state index contributed by atoms with van der Waals surface area (Å²) in [6.07, 6.45) is 4.51. The lowest BCUT2D eigenvalue weighted by molar-refractivity contribution is 1.25. The molecule has 1 nitrogen and oxygen atoms in total. The number of nitrogens with two attached hydrogens (primary N) is 1. The van der Waals surface area contributed by atoms with Crippen LogP contribution in [-0.4, -0.2) is 0 Å². The van der Waals surface area contributed by atoms with E-state index in [1.807, 2.05) is 31.2 Å². The van der Waals surface area contributed by atoms with Gasteiger partial charge in [-0.2, -0.15) is 0 Å². The molecule has 0 aliphatic heterocycles. The fourth-order valence-electron chi connectivity index (χ4n) is 1.36. The first-order chi connectivity index (χ1) is 6.20. The summed E-state index contributed by atoms with van der Waals surface area (Å²) in [6, 6.07) is 4.07. The molecule has 0 amide bonds. The predicted molar refractivity (Wildman–Crippen MR) is 59.6 cm³/mol. The van der Waals surface area contributed by atoms with Crippen LogP contribution in [0, 0.1) is 6.92 Å². The Labute approximate surface area is 79.6 Å². The zero-order chi connectivity index (χ0) is 9.84. The number of rotatable bonds is 3. The fourth-order valence-corrected chi connectivity index (χ4v) is 1.36. The Balaban J connectivity index is 3.22. The molecule has 0 bridgehead atoms. The SMILES string of the molecule is C=CCc1ccc(C=C)c(C)c1N. The molecule has 13 heavy (non-hydrogen) atoms. The number of nitrogen functional groups attached to an aromatic ring is 1. The highest BCUT2D eigenvalue weighted by molar-refractivity contribution is 5.64. The van der Waals surface area contributed by atoms with Gasteiger partial charge in [0.05, 0.1) is 0 Å². The average molecular weight is 173 g/mol. The molecular weight excluding hydrogens is 158 g/mol. The summed E-state index contributed by atoms with van der Waals surface area (Å²) in [5.74, 6) is 0. The fraction of sp³-hybridized carbons (Fsp3) is 0.167. The van der Waals surface area contributed by atoms with Gasteiger partial charge in [-0.3, -0.25) is 0 Å². The molecule has 0 saturated heterocycles. The molecule has 0 fully saturated rings. The van der Waals surface area contributed by atoms with Crippen LogP contribution in [0.15, 0.2) is 31.4 Å². The highest BCUT2D eigenvalue weighted by Crippen LogP contribution is 2.22. The van der Waals surface area contributed by atoms with Crippen molar-refractivity contribution in [3.63, 3.8) is 0 Å². The zero-order valence-corrected chi connectivity index (χ0v) is 8.01. The van der Waals surface area contributed by atoms with Crippen LogP contribution >= 0.6 is 0 Å². The monoisotopic (exact) mass is 173 g/mol. The molecule has 1 heteroatoms. The Morgan fingerprint density at radius 1 is 1.38 bits per heavy atom. The van der Waals surface area contributed by atoms with Crippen LogP contribution in [0.5, 0.6) is 0 Å². The van der Waals surface area contributed by atoms with Gasteiger partial charge in [-0.15, -0.1) is 6.58 Å². The summed E-state index contributed by atoms with van der Waals surface area (Å²) in [7, 11) is 0. The first-order valence-corrected chi connectivity index (χ1v) is 4.32. The predicted octanol–water partition coefficient (Wildman–Crippen LogP) is 2.95.